The Labute approximate surface area is 205 Å². The van der Waals surface area contributed by atoms with Crippen molar-refractivity contribution < 1.29 is 24.2 Å². The molecule has 0 aromatic rings. The highest BCUT2D eigenvalue weighted by molar-refractivity contribution is 5.75. The van der Waals surface area contributed by atoms with E-state index in [4.69, 9.17) is 15.2 Å². The maximum absolute atomic E-state index is 12.1. The molecule has 0 bridgehead atoms. The van der Waals surface area contributed by atoms with Crippen molar-refractivity contribution in [3.63, 3.8) is 0 Å². The van der Waals surface area contributed by atoms with E-state index in [0.717, 1.165) is 38.5 Å². The maximum Gasteiger partial charge on any atom is 0.322 e. The Bertz CT molecular complexity index is 770. The number of esters is 2. The van der Waals surface area contributed by atoms with Crippen LogP contribution in [0.4, 0.5) is 0 Å². The molecule has 6 nitrogen and oxygen atoms in total. The van der Waals surface area contributed by atoms with Gasteiger partial charge < -0.3 is 20.3 Å². The van der Waals surface area contributed by atoms with E-state index < -0.39 is 6.04 Å². The molecule has 6 heteroatoms. The van der Waals surface area contributed by atoms with Crippen molar-refractivity contribution in [2.24, 2.45) is 52.1 Å². The molecule has 0 aliphatic heterocycles. The van der Waals surface area contributed by atoms with Crippen LogP contribution in [-0.4, -0.2) is 42.4 Å². The van der Waals surface area contributed by atoms with Gasteiger partial charge in [0.05, 0.1) is 13.2 Å². The van der Waals surface area contributed by atoms with Crippen LogP contribution in [0.3, 0.4) is 0 Å². The molecule has 3 N–H and O–H groups in total. The molecule has 4 fully saturated rings. The monoisotopic (exact) mass is 477 g/mol. The first-order chi connectivity index (χ1) is 16.0. The Morgan fingerprint density at radius 3 is 2.47 bits per heavy atom. The minimum atomic E-state index is -0.569. The van der Waals surface area contributed by atoms with Gasteiger partial charge in [-0.3, -0.25) is 9.59 Å². The molecule has 0 aromatic heterocycles. The first-order valence-electron chi connectivity index (χ1n) is 13.7. The molecule has 0 aromatic carbocycles. The molecule has 11 atom stereocenters. The SMILES string of the molecule is COC(=O)CC[C@@H](C)[C@H]1CC[C@H]2[C@@H]3CC[C@@H]4C[C@H](OC(=O)[C@H](C)N)CC[C@]4(C)[C@H]3C[C@H](O)[C@]12C. The molecule has 4 saturated carbocycles. The predicted octanol–water partition coefficient (Wildman–Crippen LogP) is 4.46. The van der Waals surface area contributed by atoms with Crippen molar-refractivity contribution in [1.82, 2.24) is 0 Å². The lowest BCUT2D eigenvalue weighted by Crippen LogP contribution is -2.59. The zero-order valence-electron chi connectivity index (χ0n) is 21.9. The van der Waals surface area contributed by atoms with Gasteiger partial charge >= 0.3 is 11.9 Å². The van der Waals surface area contributed by atoms with Gasteiger partial charge in [0.2, 0.25) is 0 Å². The fourth-order valence-electron chi connectivity index (χ4n) is 9.17. The molecule has 0 spiro atoms. The van der Waals surface area contributed by atoms with Gasteiger partial charge in [0, 0.05) is 6.42 Å². The number of aliphatic hydroxyl groups is 1. The van der Waals surface area contributed by atoms with Crippen molar-refractivity contribution in [2.75, 3.05) is 7.11 Å². The zero-order valence-corrected chi connectivity index (χ0v) is 21.9. The fourth-order valence-corrected chi connectivity index (χ4v) is 9.17. The Kier molecular flexibility index (Phi) is 7.42. The minimum absolute atomic E-state index is 0.0153. The molecule has 0 heterocycles. The summed E-state index contributed by atoms with van der Waals surface area (Å²) in [4.78, 5) is 23.8. The summed E-state index contributed by atoms with van der Waals surface area (Å²) in [7, 11) is 1.46. The van der Waals surface area contributed by atoms with Gasteiger partial charge in [0.25, 0.3) is 0 Å². The van der Waals surface area contributed by atoms with Crippen molar-refractivity contribution in [2.45, 2.75) is 110 Å². The van der Waals surface area contributed by atoms with E-state index in [-0.39, 0.29) is 35.0 Å². The van der Waals surface area contributed by atoms with Gasteiger partial charge in [-0.25, -0.2) is 0 Å². The van der Waals surface area contributed by atoms with Crippen LogP contribution >= 0.6 is 0 Å². The van der Waals surface area contributed by atoms with Gasteiger partial charge in [-0.2, -0.15) is 0 Å². The van der Waals surface area contributed by atoms with Crippen molar-refractivity contribution in [3.05, 3.63) is 0 Å². The summed E-state index contributed by atoms with van der Waals surface area (Å²) in [6, 6.07) is -0.569. The molecule has 194 valence electrons. The highest BCUT2D eigenvalue weighted by atomic mass is 16.5. The Balaban J connectivity index is 1.47. The summed E-state index contributed by atoms with van der Waals surface area (Å²) in [6.45, 7) is 8.76. The number of carbonyl (C=O) groups excluding carboxylic acids is 2. The number of carbonyl (C=O) groups is 2. The summed E-state index contributed by atoms with van der Waals surface area (Å²) >= 11 is 0. The van der Waals surface area contributed by atoms with E-state index in [2.05, 4.69) is 20.8 Å². The van der Waals surface area contributed by atoms with Gasteiger partial charge in [-0.15, -0.1) is 0 Å². The van der Waals surface area contributed by atoms with Crippen LogP contribution in [0, 0.1) is 46.3 Å². The highest BCUT2D eigenvalue weighted by Crippen LogP contribution is 2.68. The van der Waals surface area contributed by atoms with Gasteiger partial charge in [0.15, 0.2) is 0 Å². The smallest absolute Gasteiger partial charge is 0.322 e. The quantitative estimate of drug-likeness (QED) is 0.548. The average molecular weight is 478 g/mol. The average Bonchev–Trinajstić information content (AvgIpc) is 3.16. The normalized spacial score (nSPS) is 45.3. The number of hydrogen-bond acceptors (Lipinski definition) is 6. The lowest BCUT2D eigenvalue weighted by atomic mass is 9.43. The second-order valence-corrected chi connectivity index (χ2v) is 12.7. The van der Waals surface area contributed by atoms with Crippen molar-refractivity contribution >= 4 is 11.9 Å². The van der Waals surface area contributed by atoms with E-state index in [0.29, 0.717) is 41.9 Å². The van der Waals surface area contributed by atoms with Crippen LogP contribution in [0.2, 0.25) is 0 Å². The van der Waals surface area contributed by atoms with Crippen LogP contribution in [-0.2, 0) is 19.1 Å². The van der Waals surface area contributed by atoms with E-state index in [1.807, 2.05) is 0 Å². The number of rotatable bonds is 6. The summed E-state index contributed by atoms with van der Waals surface area (Å²) in [5.74, 6) is 2.73. The molecule has 0 unspecified atom stereocenters. The molecule has 34 heavy (non-hydrogen) atoms. The Morgan fingerprint density at radius 2 is 1.79 bits per heavy atom. The molecule has 4 aliphatic carbocycles. The third-order valence-corrected chi connectivity index (χ3v) is 11.2. The lowest BCUT2D eigenvalue weighted by molar-refractivity contribution is -0.182. The summed E-state index contributed by atoms with van der Waals surface area (Å²) in [5, 5.41) is 11.7. The van der Waals surface area contributed by atoms with Crippen LogP contribution in [0.25, 0.3) is 0 Å². The number of nitrogens with two attached hydrogens (primary N) is 1. The maximum atomic E-state index is 12.1. The molecule has 0 saturated heterocycles. The highest BCUT2D eigenvalue weighted by Gasteiger charge is 2.63. The third kappa shape index (κ3) is 4.31. The fraction of sp³-hybridized carbons (Fsp3) is 0.929. The Morgan fingerprint density at radius 1 is 1.06 bits per heavy atom. The summed E-state index contributed by atoms with van der Waals surface area (Å²) in [6.07, 6.45) is 9.52. The molecular weight excluding hydrogens is 430 g/mol. The van der Waals surface area contributed by atoms with Gasteiger partial charge in [-0.05, 0) is 111 Å². The second-order valence-electron chi connectivity index (χ2n) is 12.7. The van der Waals surface area contributed by atoms with Gasteiger partial charge in [-0.1, -0.05) is 20.8 Å². The van der Waals surface area contributed by atoms with Crippen LogP contribution < -0.4 is 5.73 Å². The Hall–Kier alpha value is -1.14. The number of methoxy groups -OCH3 is 1. The first-order valence-corrected chi connectivity index (χ1v) is 13.7. The van der Waals surface area contributed by atoms with Gasteiger partial charge in [0.1, 0.15) is 12.1 Å². The molecule has 0 amide bonds. The topological polar surface area (TPSA) is 98.9 Å². The van der Waals surface area contributed by atoms with Crippen LogP contribution in [0.15, 0.2) is 0 Å². The first kappa shape index (κ1) is 25.9. The van der Waals surface area contributed by atoms with E-state index >= 15 is 0 Å². The molecule has 0 radical (unpaired) electrons. The largest absolute Gasteiger partial charge is 0.469 e. The second kappa shape index (κ2) is 9.72. The lowest BCUT2D eigenvalue weighted by Gasteiger charge is -2.62. The summed E-state index contributed by atoms with van der Waals surface area (Å²) < 4.78 is 10.6. The van der Waals surface area contributed by atoms with E-state index in [1.54, 1.807) is 6.92 Å². The number of hydrogen-bond donors (Lipinski definition) is 2. The molecule has 4 rings (SSSR count). The standard InChI is InChI=1S/C28H47NO5/c1-16(6-11-25(31)33-5)21-9-10-22-20-8-7-18-14-19(34-26(32)17(2)29)12-13-27(18,3)23(20)15-24(30)28(21,22)4/h16-24,30H,6-15,29H2,1-5H3/t16-,17+,18-,19-,20+,21-,22+,23+,24+,27+,28-/m1/s1. The predicted molar refractivity (Wildman–Crippen MR) is 131 cm³/mol. The zero-order chi connectivity index (χ0) is 24.8. The van der Waals surface area contributed by atoms with Crippen LogP contribution in [0.5, 0.6) is 0 Å². The van der Waals surface area contributed by atoms with Crippen LogP contribution in [0.1, 0.15) is 91.9 Å². The number of aliphatic hydroxyl groups excluding tert-OH is 1. The van der Waals surface area contributed by atoms with Crippen molar-refractivity contribution in [3.8, 4) is 0 Å². The molecular formula is C28H47NO5. The summed E-state index contributed by atoms with van der Waals surface area (Å²) in [5.41, 5.74) is 5.86. The van der Waals surface area contributed by atoms with E-state index in [1.165, 1.54) is 26.4 Å². The number of ether oxygens (including phenoxy) is 2. The molecule has 4 aliphatic rings. The number of fused-ring (bicyclic) bond motifs is 5. The third-order valence-electron chi connectivity index (χ3n) is 11.2. The van der Waals surface area contributed by atoms with E-state index in [9.17, 15) is 14.7 Å². The van der Waals surface area contributed by atoms with Crippen molar-refractivity contribution in [1.29, 1.82) is 0 Å². The minimum Gasteiger partial charge on any atom is -0.469 e.